The van der Waals surface area contributed by atoms with Gasteiger partial charge in [-0.25, -0.2) is 0 Å². The maximum atomic E-state index is 13.3. The van der Waals surface area contributed by atoms with Crippen LogP contribution in [-0.2, 0) is 9.59 Å². The number of thioether (sulfide) groups is 1. The molecule has 1 aliphatic rings. The molecule has 1 N–H and O–H groups in total. The number of hydrogen-bond donors (Lipinski definition) is 1. The lowest BCUT2D eigenvalue weighted by molar-refractivity contribution is -0.132. The van der Waals surface area contributed by atoms with Crippen LogP contribution in [0.1, 0.15) is 18.0 Å². The predicted octanol–water partition coefficient (Wildman–Crippen LogP) is 2.88. The topological polar surface area (TPSA) is 67.9 Å². The highest BCUT2D eigenvalue weighted by molar-refractivity contribution is 8.01. The molecule has 1 fully saturated rings. The zero-order valence-electron chi connectivity index (χ0n) is 16.4. The van der Waals surface area contributed by atoms with E-state index in [1.807, 2.05) is 48.5 Å². The Morgan fingerprint density at radius 3 is 2.07 bits per heavy atom. The molecule has 0 spiro atoms. The van der Waals surface area contributed by atoms with E-state index in [1.165, 1.54) is 11.8 Å². The van der Waals surface area contributed by atoms with E-state index in [0.717, 1.165) is 22.0 Å². The number of carbonyl (C=O) groups is 2. The quantitative estimate of drug-likeness (QED) is 0.808. The Labute approximate surface area is 169 Å². The van der Waals surface area contributed by atoms with E-state index < -0.39 is 10.8 Å². The molecule has 1 saturated heterocycles. The highest BCUT2D eigenvalue weighted by Gasteiger charge is 2.54. The zero-order valence-corrected chi connectivity index (χ0v) is 17.2. The third kappa shape index (κ3) is 3.80. The maximum Gasteiger partial charge on any atom is 0.241 e. The average Bonchev–Trinajstić information content (AvgIpc) is 3.04. The van der Waals surface area contributed by atoms with Gasteiger partial charge < -0.3 is 19.7 Å². The van der Waals surface area contributed by atoms with Crippen LogP contribution < -0.4 is 14.8 Å². The van der Waals surface area contributed by atoms with Crippen LogP contribution in [0.5, 0.6) is 11.5 Å². The van der Waals surface area contributed by atoms with Gasteiger partial charge in [-0.15, -0.1) is 11.8 Å². The van der Waals surface area contributed by atoms with Crippen LogP contribution in [0.15, 0.2) is 53.4 Å². The van der Waals surface area contributed by atoms with Crippen LogP contribution in [0.2, 0.25) is 0 Å². The fourth-order valence-corrected chi connectivity index (χ4v) is 4.87. The average molecular weight is 401 g/mol. The fourth-order valence-electron chi connectivity index (χ4n) is 3.39. The van der Waals surface area contributed by atoms with Crippen molar-refractivity contribution in [1.29, 1.82) is 0 Å². The van der Waals surface area contributed by atoms with E-state index >= 15 is 0 Å². The Bertz CT molecular complexity index is 852. The molecule has 28 heavy (non-hydrogen) atoms. The van der Waals surface area contributed by atoms with Crippen molar-refractivity contribution >= 4 is 23.6 Å². The number of nitrogens with one attached hydrogen (secondary N) is 1. The van der Waals surface area contributed by atoms with Crippen molar-refractivity contribution in [2.24, 2.45) is 0 Å². The molecule has 2 atom stereocenters. The van der Waals surface area contributed by atoms with Crippen molar-refractivity contribution in [3.63, 3.8) is 0 Å². The lowest BCUT2D eigenvalue weighted by Crippen LogP contribution is -2.47. The van der Waals surface area contributed by atoms with E-state index in [0.29, 0.717) is 0 Å². The Morgan fingerprint density at radius 2 is 1.57 bits per heavy atom. The molecule has 1 heterocycles. The second-order valence-corrected chi connectivity index (χ2v) is 8.22. The first kappa shape index (κ1) is 20.1. The number of ether oxygens (including phenoxy) is 2. The van der Waals surface area contributed by atoms with Gasteiger partial charge in [0.25, 0.3) is 0 Å². The summed E-state index contributed by atoms with van der Waals surface area (Å²) < 4.78 is 9.46. The van der Waals surface area contributed by atoms with Crippen LogP contribution in [-0.4, -0.2) is 49.8 Å². The standard InChI is InChI=1S/C21H24N2O4S/c1-23(2)20(25)21(28-17-11-9-16(27-4)10-12-17)13-18(24)22-19(21)14-5-7-15(26-3)8-6-14/h5-12,19H,13H2,1-4H3,(H,22,24)/t19-,21-/m1/s1. The molecule has 0 radical (unpaired) electrons. The largest absolute Gasteiger partial charge is 0.497 e. The fraction of sp³-hybridized carbons (Fsp3) is 0.333. The minimum Gasteiger partial charge on any atom is -0.497 e. The molecule has 0 unspecified atom stereocenters. The summed E-state index contributed by atoms with van der Waals surface area (Å²) in [6.45, 7) is 0. The summed E-state index contributed by atoms with van der Waals surface area (Å²) in [5, 5.41) is 3.00. The molecule has 2 aromatic carbocycles. The number of carbonyl (C=O) groups excluding carboxylic acids is 2. The van der Waals surface area contributed by atoms with Gasteiger partial charge in [0.15, 0.2) is 0 Å². The molecular formula is C21H24N2O4S. The second kappa shape index (κ2) is 8.14. The minimum absolute atomic E-state index is 0.104. The van der Waals surface area contributed by atoms with E-state index in [-0.39, 0.29) is 18.2 Å². The van der Waals surface area contributed by atoms with Gasteiger partial charge in [0.1, 0.15) is 16.2 Å². The van der Waals surface area contributed by atoms with Crippen molar-refractivity contribution < 1.29 is 19.1 Å². The summed E-state index contributed by atoms with van der Waals surface area (Å²) in [7, 11) is 6.64. The number of amides is 2. The Hall–Kier alpha value is -2.67. The van der Waals surface area contributed by atoms with Crippen LogP contribution in [0, 0.1) is 0 Å². The van der Waals surface area contributed by atoms with Gasteiger partial charge in [0.2, 0.25) is 11.8 Å². The van der Waals surface area contributed by atoms with Crippen LogP contribution in [0.3, 0.4) is 0 Å². The van der Waals surface area contributed by atoms with Gasteiger partial charge >= 0.3 is 0 Å². The van der Waals surface area contributed by atoms with Crippen LogP contribution >= 0.6 is 11.8 Å². The number of rotatable bonds is 6. The predicted molar refractivity (Wildman–Crippen MR) is 109 cm³/mol. The Kier molecular flexibility index (Phi) is 5.84. The normalized spacial score (nSPS) is 21.1. The molecule has 3 rings (SSSR count). The van der Waals surface area contributed by atoms with Gasteiger partial charge in [-0.05, 0) is 42.0 Å². The van der Waals surface area contributed by atoms with Crippen molar-refractivity contribution in [1.82, 2.24) is 10.2 Å². The summed E-state index contributed by atoms with van der Waals surface area (Å²) in [6.07, 6.45) is 0.109. The molecule has 0 aliphatic carbocycles. The summed E-state index contributed by atoms with van der Waals surface area (Å²) in [6, 6.07) is 14.5. The molecule has 0 aromatic heterocycles. The van der Waals surface area contributed by atoms with Gasteiger partial charge in [-0.3, -0.25) is 9.59 Å². The lowest BCUT2D eigenvalue weighted by Gasteiger charge is -2.34. The summed E-state index contributed by atoms with van der Waals surface area (Å²) in [4.78, 5) is 28.2. The summed E-state index contributed by atoms with van der Waals surface area (Å²) in [5.41, 5.74) is 0.864. The Morgan fingerprint density at radius 1 is 1.04 bits per heavy atom. The first-order valence-electron chi connectivity index (χ1n) is 8.88. The van der Waals surface area contributed by atoms with Gasteiger partial charge in [-0.1, -0.05) is 12.1 Å². The monoisotopic (exact) mass is 400 g/mol. The van der Waals surface area contributed by atoms with E-state index in [4.69, 9.17) is 9.47 Å². The van der Waals surface area contributed by atoms with Crippen molar-refractivity contribution in [3.05, 3.63) is 54.1 Å². The molecule has 148 valence electrons. The molecule has 2 amide bonds. The maximum absolute atomic E-state index is 13.3. The Balaban J connectivity index is 2.04. The van der Waals surface area contributed by atoms with Crippen LogP contribution in [0.4, 0.5) is 0 Å². The second-order valence-electron chi connectivity index (χ2n) is 6.82. The molecule has 0 saturated carbocycles. The number of benzene rings is 2. The zero-order chi connectivity index (χ0) is 20.3. The van der Waals surface area contributed by atoms with Gasteiger partial charge in [-0.2, -0.15) is 0 Å². The van der Waals surface area contributed by atoms with E-state index in [9.17, 15) is 9.59 Å². The van der Waals surface area contributed by atoms with Gasteiger partial charge in [0.05, 0.1) is 26.7 Å². The number of hydrogen-bond acceptors (Lipinski definition) is 5. The lowest BCUT2D eigenvalue weighted by atomic mass is 9.91. The van der Waals surface area contributed by atoms with Crippen LogP contribution in [0.25, 0.3) is 0 Å². The van der Waals surface area contributed by atoms with Crippen molar-refractivity contribution in [3.8, 4) is 11.5 Å². The highest BCUT2D eigenvalue weighted by atomic mass is 32.2. The third-order valence-corrected chi connectivity index (χ3v) is 6.20. The van der Waals surface area contributed by atoms with Crippen molar-refractivity contribution in [2.75, 3.05) is 28.3 Å². The third-order valence-electron chi connectivity index (χ3n) is 4.77. The van der Waals surface area contributed by atoms with Crippen molar-refractivity contribution in [2.45, 2.75) is 22.1 Å². The van der Waals surface area contributed by atoms with E-state index in [2.05, 4.69) is 5.32 Å². The molecule has 7 heteroatoms. The first-order chi connectivity index (χ1) is 13.4. The summed E-state index contributed by atoms with van der Waals surface area (Å²) in [5.74, 6) is 1.22. The van der Waals surface area contributed by atoms with Gasteiger partial charge in [0, 0.05) is 19.0 Å². The van der Waals surface area contributed by atoms with E-state index in [1.54, 1.807) is 33.2 Å². The number of methoxy groups -OCH3 is 2. The summed E-state index contributed by atoms with van der Waals surface area (Å²) >= 11 is 1.41. The molecule has 0 bridgehead atoms. The molecule has 6 nitrogen and oxygen atoms in total. The first-order valence-corrected chi connectivity index (χ1v) is 9.69. The number of nitrogens with zero attached hydrogens (tertiary/aromatic N) is 1. The molecular weight excluding hydrogens is 376 g/mol. The molecule has 1 aliphatic heterocycles. The minimum atomic E-state index is -0.982. The smallest absolute Gasteiger partial charge is 0.241 e. The highest BCUT2D eigenvalue weighted by Crippen LogP contribution is 2.49. The SMILES string of the molecule is COc1ccc(S[C@]2(C(=O)N(C)C)CC(=O)N[C@@H]2c2ccc(OC)cc2)cc1. The molecule has 2 aromatic rings.